The van der Waals surface area contributed by atoms with Crippen LogP contribution in [-0.2, 0) is 18.9 Å². The molecule has 128 valence electrons. The molecule has 0 radical (unpaired) electrons. The van der Waals surface area contributed by atoms with Crippen LogP contribution in [-0.4, -0.2) is 32.7 Å². The van der Waals surface area contributed by atoms with Gasteiger partial charge >= 0.3 is 0 Å². The molecule has 2 heterocycles. The molecule has 0 aromatic heterocycles. The number of ether oxygens (including phenoxy) is 4. The number of rotatable bonds is 4. The fraction of sp³-hybridized carbons (Fsp3) is 0.647. The molecule has 2 fully saturated rings. The summed E-state index contributed by atoms with van der Waals surface area (Å²) in [6, 6.07) is 4.56. The summed E-state index contributed by atoms with van der Waals surface area (Å²) in [6.07, 6.45) is 1.39. The molecule has 2 aliphatic rings. The highest BCUT2D eigenvalue weighted by molar-refractivity contribution is 6.30. The molecular formula is C17H22ClFO4. The van der Waals surface area contributed by atoms with E-state index in [1.807, 2.05) is 0 Å². The van der Waals surface area contributed by atoms with Crippen molar-refractivity contribution in [1.82, 2.24) is 0 Å². The molecule has 0 bridgehead atoms. The van der Waals surface area contributed by atoms with E-state index < -0.39 is 12.1 Å². The number of hydrogen-bond donors (Lipinski definition) is 0. The molecule has 1 aromatic carbocycles. The first-order valence-electron chi connectivity index (χ1n) is 8.08. The van der Waals surface area contributed by atoms with Crippen LogP contribution >= 0.6 is 11.6 Å². The summed E-state index contributed by atoms with van der Waals surface area (Å²) < 4.78 is 36.5. The van der Waals surface area contributed by atoms with Crippen LogP contribution in [0.25, 0.3) is 0 Å². The van der Waals surface area contributed by atoms with E-state index in [1.165, 1.54) is 12.1 Å². The summed E-state index contributed by atoms with van der Waals surface area (Å²) >= 11 is 5.69. The molecule has 2 saturated heterocycles. The molecule has 0 amide bonds. The Morgan fingerprint density at radius 3 is 2.39 bits per heavy atom. The minimum Gasteiger partial charge on any atom is -0.352 e. The van der Waals surface area contributed by atoms with Crippen LogP contribution in [0.5, 0.6) is 0 Å². The fourth-order valence-corrected chi connectivity index (χ4v) is 3.05. The highest BCUT2D eigenvalue weighted by atomic mass is 35.5. The Morgan fingerprint density at radius 2 is 1.78 bits per heavy atom. The zero-order chi connectivity index (χ0) is 16.2. The van der Waals surface area contributed by atoms with E-state index in [2.05, 4.69) is 6.92 Å². The predicted octanol–water partition coefficient (Wildman–Crippen LogP) is 3.93. The van der Waals surface area contributed by atoms with E-state index in [0.717, 1.165) is 26.1 Å². The van der Waals surface area contributed by atoms with Crippen LogP contribution in [0.15, 0.2) is 18.2 Å². The lowest BCUT2D eigenvalue weighted by Gasteiger charge is -2.37. The van der Waals surface area contributed by atoms with E-state index >= 15 is 0 Å². The smallest absolute Gasteiger partial charge is 0.183 e. The van der Waals surface area contributed by atoms with Gasteiger partial charge in [-0.05, 0) is 18.6 Å². The van der Waals surface area contributed by atoms with Gasteiger partial charge in [-0.1, -0.05) is 31.0 Å². The second kappa shape index (κ2) is 7.90. The van der Waals surface area contributed by atoms with Gasteiger partial charge in [0.05, 0.1) is 37.4 Å². The third kappa shape index (κ3) is 4.22. The van der Waals surface area contributed by atoms with Crippen molar-refractivity contribution < 1.29 is 23.3 Å². The lowest BCUT2D eigenvalue weighted by atomic mass is 10.0. The van der Waals surface area contributed by atoms with Crippen molar-refractivity contribution in [1.29, 1.82) is 0 Å². The lowest BCUT2D eigenvalue weighted by molar-refractivity contribution is -0.283. The Bertz CT molecular complexity index is 511. The Balaban J connectivity index is 1.50. The quantitative estimate of drug-likeness (QED) is 0.829. The molecule has 1 aromatic rings. The first kappa shape index (κ1) is 17.1. The van der Waals surface area contributed by atoms with Gasteiger partial charge in [0.1, 0.15) is 5.82 Å². The number of hydrogen-bond acceptors (Lipinski definition) is 4. The van der Waals surface area contributed by atoms with Crippen molar-refractivity contribution in [3.05, 3.63) is 34.6 Å². The molecule has 0 atom stereocenters. The fourth-order valence-electron chi connectivity index (χ4n) is 2.93. The van der Waals surface area contributed by atoms with Gasteiger partial charge in [0.25, 0.3) is 0 Å². The van der Waals surface area contributed by atoms with Gasteiger partial charge in [0.15, 0.2) is 12.6 Å². The second-order valence-corrected chi connectivity index (χ2v) is 6.53. The van der Waals surface area contributed by atoms with Crippen LogP contribution in [0.1, 0.15) is 31.6 Å². The number of benzene rings is 1. The maximum absolute atomic E-state index is 13.5. The number of halogens is 2. The van der Waals surface area contributed by atoms with Crippen molar-refractivity contribution in [2.24, 2.45) is 11.8 Å². The van der Waals surface area contributed by atoms with Gasteiger partial charge in [0, 0.05) is 11.5 Å². The van der Waals surface area contributed by atoms with Gasteiger partial charge < -0.3 is 18.9 Å². The zero-order valence-electron chi connectivity index (χ0n) is 13.2. The highest BCUT2D eigenvalue weighted by Crippen LogP contribution is 2.30. The first-order valence-corrected chi connectivity index (χ1v) is 8.46. The Hall–Kier alpha value is -0.720. The minimum absolute atomic E-state index is 0.0333. The Morgan fingerprint density at radius 1 is 1.09 bits per heavy atom. The molecule has 3 rings (SSSR count). The average molecular weight is 345 g/mol. The second-order valence-electron chi connectivity index (χ2n) is 6.12. The van der Waals surface area contributed by atoms with E-state index in [4.69, 9.17) is 30.5 Å². The van der Waals surface area contributed by atoms with E-state index in [1.54, 1.807) is 6.07 Å². The molecule has 6 heteroatoms. The minimum atomic E-state index is -0.575. The summed E-state index contributed by atoms with van der Waals surface area (Å²) in [7, 11) is 0. The van der Waals surface area contributed by atoms with Gasteiger partial charge in [-0.25, -0.2) is 4.39 Å². The summed E-state index contributed by atoms with van der Waals surface area (Å²) in [4.78, 5) is 0. The predicted molar refractivity (Wildman–Crippen MR) is 83.6 cm³/mol. The van der Waals surface area contributed by atoms with Crippen molar-refractivity contribution in [3.63, 3.8) is 0 Å². The maximum atomic E-state index is 13.5. The molecule has 0 saturated carbocycles. The molecule has 4 nitrogen and oxygen atoms in total. The van der Waals surface area contributed by atoms with Crippen LogP contribution in [0.4, 0.5) is 4.39 Å². The largest absolute Gasteiger partial charge is 0.352 e. The summed E-state index contributed by atoms with van der Waals surface area (Å²) in [6.45, 7) is 4.52. The highest BCUT2D eigenvalue weighted by Gasteiger charge is 2.34. The summed E-state index contributed by atoms with van der Waals surface area (Å²) in [5.41, 5.74) is 0.624. The van der Waals surface area contributed by atoms with Crippen molar-refractivity contribution in [2.45, 2.75) is 32.3 Å². The third-order valence-corrected chi connectivity index (χ3v) is 4.52. The van der Waals surface area contributed by atoms with Crippen molar-refractivity contribution in [3.8, 4) is 0 Å². The van der Waals surface area contributed by atoms with E-state index in [0.29, 0.717) is 24.7 Å². The van der Waals surface area contributed by atoms with Crippen LogP contribution in [0.2, 0.25) is 5.02 Å². The average Bonchev–Trinajstić information content (AvgIpc) is 2.59. The molecule has 0 spiro atoms. The topological polar surface area (TPSA) is 36.9 Å². The van der Waals surface area contributed by atoms with Crippen LogP contribution in [0.3, 0.4) is 0 Å². The van der Waals surface area contributed by atoms with Gasteiger partial charge in [-0.15, -0.1) is 0 Å². The molecular weight excluding hydrogens is 323 g/mol. The van der Waals surface area contributed by atoms with Gasteiger partial charge in [-0.2, -0.15) is 0 Å². The van der Waals surface area contributed by atoms with E-state index in [-0.39, 0.29) is 17.2 Å². The normalized spacial score (nSPS) is 32.0. The van der Waals surface area contributed by atoms with Crippen LogP contribution < -0.4 is 0 Å². The monoisotopic (exact) mass is 344 g/mol. The Kier molecular flexibility index (Phi) is 5.88. The SMILES string of the molecule is CCCC1COC(C2COC(c3ccc(Cl)c(F)c3)OC2)OC1. The van der Waals surface area contributed by atoms with Crippen LogP contribution in [0, 0.1) is 17.7 Å². The Labute approximate surface area is 140 Å². The molecule has 0 unspecified atom stereocenters. The lowest BCUT2D eigenvalue weighted by Crippen LogP contribution is -2.43. The van der Waals surface area contributed by atoms with E-state index in [9.17, 15) is 4.39 Å². The molecule has 0 N–H and O–H groups in total. The molecule has 0 aliphatic carbocycles. The van der Waals surface area contributed by atoms with Gasteiger partial charge in [0.2, 0.25) is 0 Å². The van der Waals surface area contributed by atoms with Crippen molar-refractivity contribution >= 4 is 11.6 Å². The first-order chi connectivity index (χ1) is 11.2. The summed E-state index contributed by atoms with van der Waals surface area (Å²) in [5.74, 6) is 0.0387. The third-order valence-electron chi connectivity index (χ3n) is 4.21. The zero-order valence-corrected chi connectivity index (χ0v) is 13.9. The summed E-state index contributed by atoms with van der Waals surface area (Å²) in [5, 5.41) is 0.0908. The van der Waals surface area contributed by atoms with Gasteiger partial charge in [-0.3, -0.25) is 0 Å². The maximum Gasteiger partial charge on any atom is 0.183 e. The standard InChI is InChI=1S/C17H22ClFO4/c1-2-3-11-7-20-17(21-8-11)13-9-22-16(23-10-13)12-4-5-14(18)15(19)6-12/h4-6,11,13,16-17H,2-3,7-10H2,1H3. The molecule has 23 heavy (non-hydrogen) atoms. The molecule has 2 aliphatic heterocycles. The van der Waals surface area contributed by atoms with Crippen molar-refractivity contribution in [2.75, 3.05) is 26.4 Å².